The molecule has 0 N–H and O–H groups in total. The molecule has 176 valence electrons. The molecule has 0 spiro atoms. The Morgan fingerprint density at radius 3 is 2.35 bits per heavy atom. The standard InChI is InChI=1S/C29H32N2O3/c1-21-15-16-25(19-22(21)2)34-18-10-9-17-30-26-13-7-8-14-27(26)31(20-23(3)28(30)32)29(33)24-11-5-4-6-12-24/h4-8,11-16,19,23H,9-10,17-18,20H2,1-3H3. The lowest BCUT2D eigenvalue weighted by molar-refractivity contribution is -0.121. The predicted molar refractivity (Wildman–Crippen MR) is 137 cm³/mol. The molecule has 2 amide bonds. The first-order valence-corrected chi connectivity index (χ1v) is 11.9. The van der Waals surface area contributed by atoms with Crippen LogP contribution in [0.25, 0.3) is 0 Å². The number of ether oxygens (including phenoxy) is 1. The van der Waals surface area contributed by atoms with Crippen LogP contribution in [0.5, 0.6) is 5.75 Å². The number of hydrogen-bond donors (Lipinski definition) is 0. The summed E-state index contributed by atoms with van der Waals surface area (Å²) in [5.74, 6) is 0.539. The summed E-state index contributed by atoms with van der Waals surface area (Å²) in [6.07, 6.45) is 1.64. The van der Waals surface area contributed by atoms with Gasteiger partial charge in [-0.3, -0.25) is 9.59 Å². The monoisotopic (exact) mass is 456 g/mol. The van der Waals surface area contributed by atoms with E-state index in [0.717, 1.165) is 30.0 Å². The van der Waals surface area contributed by atoms with Gasteiger partial charge in [0.15, 0.2) is 0 Å². The van der Waals surface area contributed by atoms with Gasteiger partial charge in [0.05, 0.1) is 23.9 Å². The van der Waals surface area contributed by atoms with Gasteiger partial charge in [0.2, 0.25) is 5.91 Å². The number of hydrogen-bond acceptors (Lipinski definition) is 3. The highest BCUT2D eigenvalue weighted by atomic mass is 16.5. The van der Waals surface area contributed by atoms with E-state index in [9.17, 15) is 9.59 Å². The summed E-state index contributed by atoms with van der Waals surface area (Å²) in [6.45, 7) is 7.61. The van der Waals surface area contributed by atoms with Crippen molar-refractivity contribution < 1.29 is 14.3 Å². The second-order valence-electron chi connectivity index (χ2n) is 8.96. The zero-order chi connectivity index (χ0) is 24.1. The molecule has 0 fully saturated rings. The van der Waals surface area contributed by atoms with Gasteiger partial charge < -0.3 is 14.5 Å². The molecular weight excluding hydrogens is 424 g/mol. The zero-order valence-electron chi connectivity index (χ0n) is 20.2. The molecule has 1 heterocycles. The van der Waals surface area contributed by atoms with E-state index < -0.39 is 0 Å². The molecule has 0 aromatic heterocycles. The third-order valence-corrected chi connectivity index (χ3v) is 6.40. The Hall–Kier alpha value is -3.60. The maximum atomic E-state index is 13.3. The second-order valence-corrected chi connectivity index (χ2v) is 8.96. The van der Waals surface area contributed by atoms with Gasteiger partial charge in [0.25, 0.3) is 5.91 Å². The number of para-hydroxylation sites is 2. The highest BCUT2D eigenvalue weighted by molar-refractivity contribution is 6.11. The van der Waals surface area contributed by atoms with Crippen LogP contribution in [0.2, 0.25) is 0 Å². The highest BCUT2D eigenvalue weighted by Crippen LogP contribution is 2.35. The number of unbranched alkanes of at least 4 members (excludes halogenated alkanes) is 1. The van der Waals surface area contributed by atoms with E-state index in [4.69, 9.17) is 4.74 Å². The minimum absolute atomic E-state index is 0.0471. The summed E-state index contributed by atoms with van der Waals surface area (Å²) in [6, 6.07) is 23.1. The zero-order valence-corrected chi connectivity index (χ0v) is 20.2. The van der Waals surface area contributed by atoms with Crippen molar-refractivity contribution in [1.82, 2.24) is 0 Å². The van der Waals surface area contributed by atoms with Crippen molar-refractivity contribution in [2.75, 3.05) is 29.5 Å². The van der Waals surface area contributed by atoms with Gasteiger partial charge in [-0.05, 0) is 74.2 Å². The Morgan fingerprint density at radius 1 is 0.912 bits per heavy atom. The van der Waals surface area contributed by atoms with Crippen molar-refractivity contribution in [2.24, 2.45) is 5.92 Å². The number of anilines is 2. The number of rotatable bonds is 7. The van der Waals surface area contributed by atoms with Crippen molar-refractivity contribution in [3.05, 3.63) is 89.5 Å². The van der Waals surface area contributed by atoms with Crippen LogP contribution < -0.4 is 14.5 Å². The Bertz CT molecular complexity index is 1160. The molecule has 1 unspecified atom stereocenters. The van der Waals surface area contributed by atoms with Crippen LogP contribution in [0.4, 0.5) is 11.4 Å². The van der Waals surface area contributed by atoms with E-state index in [1.165, 1.54) is 11.1 Å². The molecule has 0 bridgehead atoms. The van der Waals surface area contributed by atoms with E-state index in [-0.39, 0.29) is 17.7 Å². The van der Waals surface area contributed by atoms with Crippen LogP contribution in [0, 0.1) is 19.8 Å². The minimum atomic E-state index is -0.299. The molecule has 0 saturated heterocycles. The van der Waals surface area contributed by atoms with Gasteiger partial charge >= 0.3 is 0 Å². The predicted octanol–water partition coefficient (Wildman–Crippen LogP) is 5.79. The maximum Gasteiger partial charge on any atom is 0.258 e. The molecular formula is C29H32N2O3. The van der Waals surface area contributed by atoms with Crippen molar-refractivity contribution in [3.8, 4) is 5.75 Å². The third-order valence-electron chi connectivity index (χ3n) is 6.40. The molecule has 0 radical (unpaired) electrons. The quantitative estimate of drug-likeness (QED) is 0.423. The van der Waals surface area contributed by atoms with Crippen LogP contribution in [-0.2, 0) is 4.79 Å². The molecule has 5 heteroatoms. The SMILES string of the molecule is Cc1ccc(OCCCCN2C(=O)C(C)CN(C(=O)c3ccccc3)c3ccccc32)cc1C. The smallest absolute Gasteiger partial charge is 0.258 e. The number of nitrogens with zero attached hydrogens (tertiary/aromatic N) is 2. The molecule has 0 aliphatic carbocycles. The van der Waals surface area contributed by atoms with Crippen molar-refractivity contribution in [3.63, 3.8) is 0 Å². The molecule has 1 aliphatic rings. The van der Waals surface area contributed by atoms with Crippen molar-refractivity contribution in [2.45, 2.75) is 33.6 Å². The summed E-state index contributed by atoms with van der Waals surface area (Å²) in [7, 11) is 0. The number of aryl methyl sites for hydroxylation is 2. The second kappa shape index (κ2) is 10.6. The summed E-state index contributed by atoms with van der Waals surface area (Å²) in [4.78, 5) is 30.2. The first-order valence-electron chi connectivity index (χ1n) is 11.9. The van der Waals surface area contributed by atoms with E-state index in [1.54, 1.807) is 4.90 Å². The summed E-state index contributed by atoms with van der Waals surface area (Å²) >= 11 is 0. The fourth-order valence-electron chi connectivity index (χ4n) is 4.28. The number of carbonyl (C=O) groups is 2. The van der Waals surface area contributed by atoms with E-state index in [1.807, 2.05) is 72.5 Å². The Kier molecular flexibility index (Phi) is 7.31. The van der Waals surface area contributed by atoms with Crippen LogP contribution in [-0.4, -0.2) is 31.5 Å². The first kappa shape index (κ1) is 23.6. The number of fused-ring (bicyclic) bond motifs is 1. The molecule has 5 nitrogen and oxygen atoms in total. The van der Waals surface area contributed by atoms with E-state index in [0.29, 0.717) is 25.3 Å². The fourth-order valence-corrected chi connectivity index (χ4v) is 4.28. The summed E-state index contributed by atoms with van der Waals surface area (Å²) in [5.41, 5.74) is 4.65. The van der Waals surface area contributed by atoms with Crippen LogP contribution in [0.1, 0.15) is 41.3 Å². The van der Waals surface area contributed by atoms with Gasteiger partial charge in [-0.1, -0.05) is 43.3 Å². The van der Waals surface area contributed by atoms with Crippen LogP contribution >= 0.6 is 0 Å². The fraction of sp³-hybridized carbons (Fsp3) is 0.310. The van der Waals surface area contributed by atoms with Gasteiger partial charge in [-0.15, -0.1) is 0 Å². The average molecular weight is 457 g/mol. The van der Waals surface area contributed by atoms with Crippen LogP contribution in [0.3, 0.4) is 0 Å². The number of carbonyl (C=O) groups excluding carboxylic acids is 2. The van der Waals surface area contributed by atoms with E-state index in [2.05, 4.69) is 26.0 Å². The third kappa shape index (κ3) is 5.14. The van der Waals surface area contributed by atoms with Crippen molar-refractivity contribution >= 4 is 23.2 Å². The molecule has 0 saturated carbocycles. The average Bonchev–Trinajstić information content (AvgIpc) is 2.96. The van der Waals surface area contributed by atoms with Crippen LogP contribution in [0.15, 0.2) is 72.8 Å². The number of benzene rings is 3. The van der Waals surface area contributed by atoms with Gasteiger partial charge in [0, 0.05) is 18.7 Å². The van der Waals surface area contributed by atoms with Gasteiger partial charge in [0.1, 0.15) is 5.75 Å². The van der Waals surface area contributed by atoms with Gasteiger partial charge in [-0.25, -0.2) is 0 Å². The molecule has 1 atom stereocenters. The van der Waals surface area contributed by atoms with E-state index >= 15 is 0 Å². The minimum Gasteiger partial charge on any atom is -0.494 e. The Morgan fingerprint density at radius 2 is 1.62 bits per heavy atom. The first-order chi connectivity index (χ1) is 16.5. The largest absolute Gasteiger partial charge is 0.494 e. The topological polar surface area (TPSA) is 49.9 Å². The highest BCUT2D eigenvalue weighted by Gasteiger charge is 2.33. The maximum absolute atomic E-state index is 13.3. The lowest BCUT2D eigenvalue weighted by Gasteiger charge is -2.25. The lowest BCUT2D eigenvalue weighted by Crippen LogP contribution is -2.38. The van der Waals surface area contributed by atoms with Gasteiger partial charge in [-0.2, -0.15) is 0 Å². The molecule has 4 rings (SSSR count). The lowest BCUT2D eigenvalue weighted by atomic mass is 10.1. The Labute approximate surface area is 202 Å². The number of amides is 2. The summed E-state index contributed by atoms with van der Waals surface area (Å²) < 4.78 is 5.91. The Balaban J connectivity index is 1.46. The molecule has 1 aliphatic heterocycles. The van der Waals surface area contributed by atoms with Crippen molar-refractivity contribution in [1.29, 1.82) is 0 Å². The molecule has 3 aromatic rings. The normalized spacial score (nSPS) is 15.6. The molecule has 3 aromatic carbocycles. The summed E-state index contributed by atoms with van der Waals surface area (Å²) in [5, 5.41) is 0. The molecule has 34 heavy (non-hydrogen) atoms.